The first-order valence-electron chi connectivity index (χ1n) is 6.33. The molecule has 2 aromatic rings. The average Bonchev–Trinajstić information content (AvgIpc) is 2.99. The molecule has 1 saturated heterocycles. The Labute approximate surface area is 102 Å². The zero-order chi connectivity index (χ0) is 11.7. The molecule has 0 N–H and O–H groups in total. The smallest absolute Gasteiger partial charge is 0.108 e. The van der Waals surface area contributed by atoms with E-state index in [9.17, 15) is 0 Å². The fraction of sp³-hybridized carbons (Fsp3) is 0.429. The molecule has 0 aliphatic carbocycles. The largest absolute Gasteiger partial charge is 0.356 e. The summed E-state index contributed by atoms with van der Waals surface area (Å²) in [6.07, 6.45) is 9.04. The van der Waals surface area contributed by atoms with E-state index in [0.29, 0.717) is 6.04 Å². The van der Waals surface area contributed by atoms with Gasteiger partial charge in [0.2, 0.25) is 0 Å². The number of rotatable bonds is 2. The molecule has 90 valence electrons. The number of nitrogens with zero attached hydrogens (tertiary/aromatic N) is 3. The van der Waals surface area contributed by atoms with Crippen LogP contribution in [-0.2, 0) is 7.05 Å². The summed E-state index contributed by atoms with van der Waals surface area (Å²) in [5.74, 6) is 1.34. The van der Waals surface area contributed by atoms with Crippen LogP contribution in [-0.4, -0.2) is 22.2 Å². The van der Waals surface area contributed by atoms with Crippen LogP contribution in [0.1, 0.15) is 18.9 Å². The van der Waals surface area contributed by atoms with Crippen LogP contribution in [0.3, 0.4) is 0 Å². The molecule has 0 spiro atoms. The van der Waals surface area contributed by atoms with E-state index >= 15 is 0 Å². The summed E-state index contributed by atoms with van der Waals surface area (Å²) in [5, 5.41) is 0. The van der Waals surface area contributed by atoms with Gasteiger partial charge in [0.05, 0.1) is 6.04 Å². The predicted octanol–water partition coefficient (Wildman–Crippen LogP) is 2.67. The second-order valence-corrected chi connectivity index (χ2v) is 4.85. The number of anilines is 1. The van der Waals surface area contributed by atoms with Crippen LogP contribution in [0.5, 0.6) is 0 Å². The predicted molar refractivity (Wildman–Crippen MR) is 70.3 cm³/mol. The van der Waals surface area contributed by atoms with Crippen LogP contribution in [0.4, 0.5) is 5.82 Å². The number of piperidine rings is 1. The van der Waals surface area contributed by atoms with Crippen molar-refractivity contribution in [1.29, 1.82) is 0 Å². The number of aromatic nitrogens is 2. The molecule has 0 saturated carbocycles. The van der Waals surface area contributed by atoms with Gasteiger partial charge in [-0.15, -0.1) is 0 Å². The Morgan fingerprint density at radius 2 is 1.94 bits per heavy atom. The first kappa shape index (κ1) is 10.5. The fourth-order valence-corrected chi connectivity index (χ4v) is 2.78. The summed E-state index contributed by atoms with van der Waals surface area (Å²) < 4.78 is 4.55. The van der Waals surface area contributed by atoms with Crippen molar-refractivity contribution < 1.29 is 0 Å². The standard InChI is InChI=1S/C14H19N3/c1-15-8-5-7-14(15)17-11-4-6-13(12-17)16-9-2-3-10-16/h2-3,5,7-10,13H,4,6,11-12H2,1H3. The van der Waals surface area contributed by atoms with E-state index in [1.807, 2.05) is 0 Å². The highest BCUT2D eigenvalue weighted by atomic mass is 15.3. The third kappa shape index (κ3) is 1.97. The Morgan fingerprint density at radius 1 is 1.12 bits per heavy atom. The van der Waals surface area contributed by atoms with Crippen molar-refractivity contribution in [3.63, 3.8) is 0 Å². The lowest BCUT2D eigenvalue weighted by Gasteiger charge is -2.35. The Balaban J connectivity index is 1.78. The van der Waals surface area contributed by atoms with Crippen LogP contribution in [0.25, 0.3) is 0 Å². The molecular weight excluding hydrogens is 210 g/mol. The Bertz CT molecular complexity index is 469. The van der Waals surface area contributed by atoms with E-state index in [1.165, 1.54) is 25.2 Å². The van der Waals surface area contributed by atoms with Gasteiger partial charge >= 0.3 is 0 Å². The van der Waals surface area contributed by atoms with Gasteiger partial charge in [0.1, 0.15) is 5.82 Å². The average molecular weight is 229 g/mol. The normalized spacial score (nSPS) is 20.8. The van der Waals surface area contributed by atoms with Crippen molar-refractivity contribution in [2.24, 2.45) is 7.05 Å². The summed E-state index contributed by atoms with van der Waals surface area (Å²) in [7, 11) is 2.12. The fourth-order valence-electron chi connectivity index (χ4n) is 2.78. The molecule has 1 aliphatic rings. The van der Waals surface area contributed by atoms with Gasteiger partial charge in [0, 0.05) is 38.7 Å². The topological polar surface area (TPSA) is 13.1 Å². The Hall–Kier alpha value is -1.64. The summed E-state index contributed by atoms with van der Waals surface area (Å²) in [4.78, 5) is 2.49. The summed E-state index contributed by atoms with van der Waals surface area (Å²) in [5.41, 5.74) is 0. The molecule has 0 bridgehead atoms. The van der Waals surface area contributed by atoms with Gasteiger partial charge in [-0.05, 0) is 37.1 Å². The lowest BCUT2D eigenvalue weighted by atomic mass is 10.1. The molecule has 1 aliphatic heterocycles. The summed E-state index contributed by atoms with van der Waals surface area (Å²) in [6, 6.07) is 9.17. The quantitative estimate of drug-likeness (QED) is 0.771. The molecule has 3 heteroatoms. The van der Waals surface area contributed by atoms with Crippen LogP contribution in [0, 0.1) is 0 Å². The minimum atomic E-state index is 0.619. The zero-order valence-corrected chi connectivity index (χ0v) is 10.3. The van der Waals surface area contributed by atoms with Gasteiger partial charge in [-0.25, -0.2) is 0 Å². The maximum absolute atomic E-state index is 2.49. The number of hydrogen-bond acceptors (Lipinski definition) is 1. The van der Waals surface area contributed by atoms with Crippen molar-refractivity contribution in [1.82, 2.24) is 9.13 Å². The summed E-state index contributed by atoms with van der Waals surface area (Å²) in [6.45, 7) is 2.29. The van der Waals surface area contributed by atoms with Gasteiger partial charge in [0.25, 0.3) is 0 Å². The second kappa shape index (κ2) is 4.32. The van der Waals surface area contributed by atoms with E-state index < -0.39 is 0 Å². The third-order valence-corrected chi connectivity index (χ3v) is 3.69. The van der Waals surface area contributed by atoms with Crippen molar-refractivity contribution in [2.45, 2.75) is 18.9 Å². The Morgan fingerprint density at radius 3 is 2.65 bits per heavy atom. The van der Waals surface area contributed by atoms with Crippen molar-refractivity contribution in [3.8, 4) is 0 Å². The van der Waals surface area contributed by atoms with Gasteiger partial charge in [0.15, 0.2) is 0 Å². The second-order valence-electron chi connectivity index (χ2n) is 4.85. The molecular formula is C14H19N3. The van der Waals surface area contributed by atoms with Gasteiger partial charge in [-0.2, -0.15) is 0 Å². The van der Waals surface area contributed by atoms with Gasteiger partial charge in [-0.1, -0.05) is 0 Å². The molecule has 2 aromatic heterocycles. The Kier molecular flexibility index (Phi) is 2.67. The zero-order valence-electron chi connectivity index (χ0n) is 10.3. The highest BCUT2D eigenvalue weighted by Crippen LogP contribution is 2.26. The van der Waals surface area contributed by atoms with Crippen LogP contribution in [0.15, 0.2) is 42.9 Å². The molecule has 3 nitrogen and oxygen atoms in total. The van der Waals surface area contributed by atoms with Crippen LogP contribution >= 0.6 is 0 Å². The van der Waals surface area contributed by atoms with E-state index in [2.05, 4.69) is 63.9 Å². The number of aryl methyl sites for hydroxylation is 1. The van der Waals surface area contributed by atoms with E-state index in [1.54, 1.807) is 0 Å². The molecule has 1 atom stereocenters. The molecule has 1 fully saturated rings. The molecule has 1 unspecified atom stereocenters. The first-order valence-corrected chi connectivity index (χ1v) is 6.33. The maximum atomic E-state index is 2.49. The molecule has 0 radical (unpaired) electrons. The van der Waals surface area contributed by atoms with Crippen molar-refractivity contribution in [3.05, 3.63) is 42.9 Å². The maximum Gasteiger partial charge on any atom is 0.108 e. The van der Waals surface area contributed by atoms with Crippen molar-refractivity contribution >= 4 is 5.82 Å². The third-order valence-electron chi connectivity index (χ3n) is 3.69. The SMILES string of the molecule is Cn1cccc1N1CCCC(n2cccc2)C1. The minimum absolute atomic E-state index is 0.619. The van der Waals surface area contributed by atoms with Gasteiger partial charge < -0.3 is 14.0 Å². The lowest BCUT2D eigenvalue weighted by molar-refractivity contribution is 0.403. The highest BCUT2D eigenvalue weighted by molar-refractivity contribution is 5.41. The molecule has 0 amide bonds. The summed E-state index contributed by atoms with van der Waals surface area (Å²) >= 11 is 0. The first-order chi connectivity index (χ1) is 8.34. The lowest BCUT2D eigenvalue weighted by Crippen LogP contribution is -2.37. The number of hydrogen-bond donors (Lipinski definition) is 0. The minimum Gasteiger partial charge on any atom is -0.356 e. The highest BCUT2D eigenvalue weighted by Gasteiger charge is 2.21. The van der Waals surface area contributed by atoms with Crippen molar-refractivity contribution in [2.75, 3.05) is 18.0 Å². The van der Waals surface area contributed by atoms with Crippen LogP contribution in [0.2, 0.25) is 0 Å². The van der Waals surface area contributed by atoms with E-state index in [-0.39, 0.29) is 0 Å². The molecule has 0 aromatic carbocycles. The van der Waals surface area contributed by atoms with E-state index in [4.69, 9.17) is 0 Å². The molecule has 17 heavy (non-hydrogen) atoms. The molecule has 3 rings (SSSR count). The van der Waals surface area contributed by atoms with E-state index in [0.717, 1.165) is 6.54 Å². The molecule has 3 heterocycles. The monoisotopic (exact) mass is 229 g/mol. The van der Waals surface area contributed by atoms with Crippen LogP contribution < -0.4 is 4.90 Å². The van der Waals surface area contributed by atoms with Gasteiger partial charge in [-0.3, -0.25) is 0 Å².